The van der Waals surface area contributed by atoms with E-state index in [1.54, 1.807) is 0 Å². The molecule has 0 aliphatic carbocycles. The largest absolute Gasteiger partial charge is 0.393 e. The average molecular weight is 213 g/mol. The Balaban J connectivity index is 2.67. The Kier molecular flexibility index (Phi) is 3.58. The summed E-state index contributed by atoms with van der Waals surface area (Å²) >= 11 is 4.69. The molecule has 0 atom stereocenters. The second kappa shape index (κ2) is 4.71. The molecule has 6 heteroatoms. The lowest BCUT2D eigenvalue weighted by Gasteiger charge is -2.03. The van der Waals surface area contributed by atoms with Crippen LogP contribution in [0.15, 0.2) is 21.7 Å². The maximum atomic E-state index is 11.2. The molecule has 0 aromatic carbocycles. The van der Waals surface area contributed by atoms with Crippen molar-refractivity contribution < 1.29 is 0 Å². The molecule has 1 heterocycles. The number of nitrogens with zero attached hydrogens (tertiary/aromatic N) is 1. The number of nitrogens with one attached hydrogen (secondary N) is 1. The monoisotopic (exact) mass is 213 g/mol. The van der Waals surface area contributed by atoms with E-state index in [9.17, 15) is 9.59 Å². The Morgan fingerprint density at radius 2 is 2.21 bits per heavy atom. The zero-order valence-electron chi connectivity index (χ0n) is 7.53. The molecule has 5 nitrogen and oxygen atoms in total. The molecule has 0 aliphatic heterocycles. The van der Waals surface area contributed by atoms with Crippen LogP contribution in [0.3, 0.4) is 0 Å². The van der Waals surface area contributed by atoms with Crippen LogP contribution < -0.4 is 16.9 Å². The van der Waals surface area contributed by atoms with Crippen LogP contribution in [0.1, 0.15) is 12.8 Å². The molecule has 0 saturated carbocycles. The summed E-state index contributed by atoms with van der Waals surface area (Å²) in [6.07, 6.45) is 1.22. The van der Waals surface area contributed by atoms with Crippen LogP contribution in [0.2, 0.25) is 0 Å². The van der Waals surface area contributed by atoms with E-state index in [-0.39, 0.29) is 11.1 Å². The van der Waals surface area contributed by atoms with Gasteiger partial charge in [-0.1, -0.05) is 12.2 Å². The maximum Gasteiger partial charge on any atom is 0.265 e. The Hall–Kier alpha value is -1.43. The Morgan fingerprint density at radius 1 is 1.50 bits per heavy atom. The number of aromatic amines is 1. The van der Waals surface area contributed by atoms with E-state index in [0.717, 1.165) is 0 Å². The quantitative estimate of drug-likeness (QED) is 0.667. The van der Waals surface area contributed by atoms with Gasteiger partial charge in [0.05, 0.1) is 4.99 Å². The minimum absolute atomic E-state index is 0.229. The SMILES string of the molecule is NC(=S)CCCn1[nH]c(=O)ccc1=O. The van der Waals surface area contributed by atoms with Crippen molar-refractivity contribution >= 4 is 17.2 Å². The smallest absolute Gasteiger partial charge is 0.265 e. The maximum absolute atomic E-state index is 11.2. The summed E-state index contributed by atoms with van der Waals surface area (Å²) in [6, 6.07) is 2.44. The second-order valence-corrected chi connectivity index (χ2v) is 3.39. The zero-order valence-corrected chi connectivity index (χ0v) is 8.34. The molecular formula is C8H11N3O2S. The zero-order chi connectivity index (χ0) is 10.6. The first-order valence-electron chi connectivity index (χ1n) is 4.18. The summed E-state index contributed by atoms with van der Waals surface area (Å²) < 4.78 is 1.25. The predicted octanol–water partition coefficient (Wildman–Crippen LogP) is -0.397. The van der Waals surface area contributed by atoms with Crippen LogP contribution in [0.4, 0.5) is 0 Å². The molecule has 0 radical (unpaired) electrons. The van der Waals surface area contributed by atoms with E-state index < -0.39 is 0 Å². The van der Waals surface area contributed by atoms with Crippen LogP contribution in [0.25, 0.3) is 0 Å². The number of aromatic nitrogens is 2. The highest BCUT2D eigenvalue weighted by atomic mass is 32.1. The lowest BCUT2D eigenvalue weighted by molar-refractivity contribution is 0.550. The van der Waals surface area contributed by atoms with Crippen molar-refractivity contribution in [3.63, 3.8) is 0 Å². The van der Waals surface area contributed by atoms with E-state index in [4.69, 9.17) is 5.73 Å². The van der Waals surface area contributed by atoms with Gasteiger partial charge in [-0.25, -0.2) is 0 Å². The van der Waals surface area contributed by atoms with Gasteiger partial charge >= 0.3 is 0 Å². The fourth-order valence-corrected chi connectivity index (χ4v) is 1.18. The molecule has 3 N–H and O–H groups in total. The van der Waals surface area contributed by atoms with Crippen molar-refractivity contribution in [3.8, 4) is 0 Å². The first-order valence-corrected chi connectivity index (χ1v) is 4.59. The number of hydrogen-bond acceptors (Lipinski definition) is 3. The van der Waals surface area contributed by atoms with Gasteiger partial charge in [-0.2, -0.15) is 0 Å². The van der Waals surface area contributed by atoms with Gasteiger partial charge in [-0.05, 0) is 12.8 Å². The highest BCUT2D eigenvalue weighted by molar-refractivity contribution is 7.80. The van der Waals surface area contributed by atoms with Crippen molar-refractivity contribution in [1.29, 1.82) is 0 Å². The molecular weight excluding hydrogens is 202 g/mol. The molecule has 1 rings (SSSR count). The number of aryl methyl sites for hydroxylation is 1. The van der Waals surface area contributed by atoms with E-state index >= 15 is 0 Å². The topological polar surface area (TPSA) is 80.9 Å². The van der Waals surface area contributed by atoms with Gasteiger partial charge < -0.3 is 5.73 Å². The summed E-state index contributed by atoms with van der Waals surface area (Å²) in [7, 11) is 0. The van der Waals surface area contributed by atoms with Crippen molar-refractivity contribution in [2.24, 2.45) is 5.73 Å². The Labute approximate surface area is 85.5 Å². The highest BCUT2D eigenvalue weighted by Crippen LogP contribution is 1.90. The van der Waals surface area contributed by atoms with E-state index in [1.807, 2.05) is 0 Å². The predicted molar refractivity (Wildman–Crippen MR) is 57.3 cm³/mol. The summed E-state index contributed by atoms with van der Waals surface area (Å²) in [4.78, 5) is 22.5. The molecule has 1 aromatic heterocycles. The standard InChI is InChI=1S/C8H11N3O2S/c9-6(14)2-1-5-11-8(13)4-3-7(12)10-11/h3-4H,1-2,5H2,(H2,9,14)(H,10,12). The van der Waals surface area contributed by atoms with Crippen LogP contribution in [0.5, 0.6) is 0 Å². The minimum Gasteiger partial charge on any atom is -0.393 e. The number of nitrogens with two attached hydrogens (primary N) is 1. The third-order valence-corrected chi connectivity index (χ3v) is 1.90. The van der Waals surface area contributed by atoms with Gasteiger partial charge in [0.2, 0.25) is 0 Å². The van der Waals surface area contributed by atoms with Crippen LogP contribution in [-0.4, -0.2) is 14.8 Å². The summed E-state index contributed by atoms with van der Waals surface area (Å²) in [5.74, 6) is 0. The average Bonchev–Trinajstić information content (AvgIpc) is 2.10. The molecule has 0 spiro atoms. The molecule has 0 unspecified atom stereocenters. The molecule has 0 bridgehead atoms. The third kappa shape index (κ3) is 3.14. The lowest BCUT2D eigenvalue weighted by atomic mass is 10.3. The van der Waals surface area contributed by atoms with Crippen LogP contribution >= 0.6 is 12.2 Å². The summed E-state index contributed by atoms with van der Waals surface area (Å²) in [6.45, 7) is 0.423. The Morgan fingerprint density at radius 3 is 2.86 bits per heavy atom. The highest BCUT2D eigenvalue weighted by Gasteiger charge is 1.96. The van der Waals surface area contributed by atoms with Crippen LogP contribution in [0, 0.1) is 0 Å². The fourth-order valence-electron chi connectivity index (χ4n) is 1.04. The van der Waals surface area contributed by atoms with Gasteiger partial charge in [-0.3, -0.25) is 19.4 Å². The molecule has 0 fully saturated rings. The first kappa shape index (κ1) is 10.6. The first-order chi connectivity index (χ1) is 6.59. The minimum atomic E-state index is -0.292. The fraction of sp³-hybridized carbons (Fsp3) is 0.375. The molecule has 0 amide bonds. The van der Waals surface area contributed by atoms with E-state index in [0.29, 0.717) is 24.4 Å². The van der Waals surface area contributed by atoms with E-state index in [2.05, 4.69) is 17.3 Å². The van der Waals surface area contributed by atoms with Crippen molar-refractivity contribution in [2.45, 2.75) is 19.4 Å². The number of rotatable bonds is 4. The molecule has 14 heavy (non-hydrogen) atoms. The normalized spacial score (nSPS) is 10.0. The van der Waals surface area contributed by atoms with Crippen molar-refractivity contribution in [2.75, 3.05) is 0 Å². The van der Waals surface area contributed by atoms with Crippen molar-refractivity contribution in [1.82, 2.24) is 9.78 Å². The number of thiocarbonyl (C=S) groups is 1. The molecule has 0 aliphatic rings. The van der Waals surface area contributed by atoms with Gasteiger partial charge in [0, 0.05) is 18.7 Å². The summed E-state index contributed by atoms with van der Waals surface area (Å²) in [5.41, 5.74) is 4.78. The molecule has 0 saturated heterocycles. The van der Waals surface area contributed by atoms with E-state index in [1.165, 1.54) is 16.8 Å². The molecule has 1 aromatic rings. The Bertz CT molecular complexity index is 435. The molecule has 76 valence electrons. The number of H-pyrrole nitrogens is 1. The van der Waals surface area contributed by atoms with Gasteiger partial charge in [0.15, 0.2) is 0 Å². The number of hydrogen-bond donors (Lipinski definition) is 2. The third-order valence-electron chi connectivity index (χ3n) is 1.69. The second-order valence-electron chi connectivity index (χ2n) is 2.87. The van der Waals surface area contributed by atoms with Crippen molar-refractivity contribution in [3.05, 3.63) is 32.8 Å². The van der Waals surface area contributed by atoms with Gasteiger partial charge in [-0.15, -0.1) is 0 Å². The van der Waals surface area contributed by atoms with Gasteiger partial charge in [0.1, 0.15) is 0 Å². The van der Waals surface area contributed by atoms with Crippen LogP contribution in [-0.2, 0) is 6.54 Å². The lowest BCUT2D eigenvalue weighted by Crippen LogP contribution is -2.28. The summed E-state index contributed by atoms with van der Waals surface area (Å²) in [5, 5.41) is 2.41. The van der Waals surface area contributed by atoms with Gasteiger partial charge in [0.25, 0.3) is 11.1 Å².